The highest BCUT2D eigenvalue weighted by molar-refractivity contribution is 7.21. The molecule has 0 fully saturated rings. The maximum atomic E-state index is 13.6. The fourth-order valence-corrected chi connectivity index (χ4v) is 4.52. The van der Waals surface area contributed by atoms with E-state index in [4.69, 9.17) is 5.73 Å². The fraction of sp³-hybridized carbons (Fsp3) is 0.286. The molecule has 34 heavy (non-hydrogen) atoms. The van der Waals surface area contributed by atoms with Gasteiger partial charge in [-0.15, -0.1) is 11.3 Å². The Morgan fingerprint density at radius 1 is 1.24 bits per heavy atom. The molecule has 3 N–H and O–H groups in total. The standard InChI is InChI=1S/C21H20F3N7O2S/c1-9-5-6-31(29-9)11(3)19(33)28-16-15-12(13-8-26-30(4)10(13)2)7-14(21(22,23)24)27-20(15)34-17(16)18(25)32/h5-8,11H,1-4H3,(H2,25,32)(H,28,33). The van der Waals surface area contributed by atoms with Gasteiger partial charge in [0, 0.05) is 29.9 Å². The summed E-state index contributed by atoms with van der Waals surface area (Å²) in [6, 6.07) is 1.85. The molecule has 0 aromatic carbocycles. The summed E-state index contributed by atoms with van der Waals surface area (Å²) in [5, 5.41) is 11.2. The lowest BCUT2D eigenvalue weighted by Gasteiger charge is -2.15. The van der Waals surface area contributed by atoms with Gasteiger partial charge in [-0.25, -0.2) is 4.98 Å². The van der Waals surface area contributed by atoms with Gasteiger partial charge in [-0.3, -0.25) is 19.0 Å². The largest absolute Gasteiger partial charge is 0.433 e. The molecular formula is C21H20F3N7O2S. The molecule has 0 saturated carbocycles. The number of rotatable bonds is 5. The van der Waals surface area contributed by atoms with Crippen LogP contribution in [-0.2, 0) is 18.0 Å². The number of fused-ring (bicyclic) bond motifs is 1. The molecule has 0 spiro atoms. The van der Waals surface area contributed by atoms with Crippen molar-refractivity contribution < 1.29 is 22.8 Å². The Labute approximate surface area is 195 Å². The van der Waals surface area contributed by atoms with E-state index in [1.54, 1.807) is 40.1 Å². The van der Waals surface area contributed by atoms with Crippen LogP contribution in [0.1, 0.15) is 39.7 Å². The van der Waals surface area contributed by atoms with Crippen molar-refractivity contribution in [1.29, 1.82) is 0 Å². The van der Waals surface area contributed by atoms with Crippen molar-refractivity contribution in [2.75, 3.05) is 5.32 Å². The van der Waals surface area contributed by atoms with Crippen LogP contribution < -0.4 is 11.1 Å². The zero-order valence-electron chi connectivity index (χ0n) is 18.6. The van der Waals surface area contributed by atoms with E-state index in [1.165, 1.54) is 15.6 Å². The third kappa shape index (κ3) is 4.02. The molecule has 1 atom stereocenters. The summed E-state index contributed by atoms with van der Waals surface area (Å²) in [6.07, 6.45) is -1.68. The minimum absolute atomic E-state index is 0.00713. The number of amides is 2. The second-order valence-corrected chi connectivity index (χ2v) is 8.77. The first kappa shape index (κ1) is 23.4. The smallest absolute Gasteiger partial charge is 0.365 e. The van der Waals surface area contributed by atoms with E-state index in [-0.39, 0.29) is 26.3 Å². The van der Waals surface area contributed by atoms with Crippen LogP contribution in [-0.4, -0.2) is 36.4 Å². The van der Waals surface area contributed by atoms with Gasteiger partial charge < -0.3 is 11.1 Å². The number of carbonyl (C=O) groups is 2. The molecule has 4 aromatic heterocycles. The van der Waals surface area contributed by atoms with Gasteiger partial charge in [-0.2, -0.15) is 23.4 Å². The van der Waals surface area contributed by atoms with Gasteiger partial charge in [-0.1, -0.05) is 0 Å². The number of alkyl halides is 3. The molecule has 178 valence electrons. The molecule has 0 aliphatic rings. The molecule has 0 aliphatic heterocycles. The third-order valence-corrected chi connectivity index (χ3v) is 6.57. The van der Waals surface area contributed by atoms with Crippen LogP contribution in [0.5, 0.6) is 0 Å². The summed E-state index contributed by atoms with van der Waals surface area (Å²) in [5.74, 6) is -1.43. The lowest BCUT2D eigenvalue weighted by Crippen LogP contribution is -2.25. The molecule has 0 bridgehead atoms. The van der Waals surface area contributed by atoms with Crippen LogP contribution in [0.2, 0.25) is 0 Å². The van der Waals surface area contributed by atoms with Crippen LogP contribution in [0.3, 0.4) is 0 Å². The molecule has 4 rings (SSSR count). The molecule has 4 heterocycles. The van der Waals surface area contributed by atoms with Crippen molar-refractivity contribution in [3.05, 3.63) is 46.5 Å². The first-order valence-corrected chi connectivity index (χ1v) is 10.9. The van der Waals surface area contributed by atoms with Crippen molar-refractivity contribution in [3.8, 4) is 11.1 Å². The summed E-state index contributed by atoms with van der Waals surface area (Å²) in [7, 11) is 1.65. The monoisotopic (exact) mass is 491 g/mol. The molecular weight excluding hydrogens is 471 g/mol. The second-order valence-electron chi connectivity index (χ2n) is 7.77. The van der Waals surface area contributed by atoms with E-state index in [1.807, 2.05) is 0 Å². The highest BCUT2D eigenvalue weighted by Gasteiger charge is 2.35. The maximum absolute atomic E-state index is 13.6. The first-order chi connectivity index (χ1) is 15.9. The summed E-state index contributed by atoms with van der Waals surface area (Å²) in [4.78, 5) is 28.8. The van der Waals surface area contributed by atoms with E-state index >= 15 is 0 Å². The van der Waals surface area contributed by atoms with Crippen molar-refractivity contribution in [1.82, 2.24) is 24.5 Å². The number of pyridine rings is 1. The van der Waals surface area contributed by atoms with Gasteiger partial charge in [0.25, 0.3) is 5.91 Å². The average Bonchev–Trinajstić information content (AvgIpc) is 3.44. The maximum Gasteiger partial charge on any atom is 0.433 e. The number of nitrogens with two attached hydrogens (primary N) is 1. The minimum atomic E-state index is -4.73. The number of hydrogen-bond donors (Lipinski definition) is 2. The highest BCUT2D eigenvalue weighted by Crippen LogP contribution is 2.44. The van der Waals surface area contributed by atoms with Gasteiger partial charge in [0.2, 0.25) is 5.91 Å². The predicted octanol–water partition coefficient (Wildman–Crippen LogP) is 3.83. The summed E-state index contributed by atoms with van der Waals surface area (Å²) in [6.45, 7) is 5.07. The number of carbonyl (C=O) groups excluding carboxylic acids is 2. The Bertz CT molecular complexity index is 1430. The Balaban J connectivity index is 1.95. The van der Waals surface area contributed by atoms with Crippen LogP contribution in [0.25, 0.3) is 21.3 Å². The Morgan fingerprint density at radius 2 is 1.94 bits per heavy atom. The van der Waals surface area contributed by atoms with E-state index in [9.17, 15) is 22.8 Å². The lowest BCUT2D eigenvalue weighted by molar-refractivity contribution is -0.140. The molecule has 4 aromatic rings. The van der Waals surface area contributed by atoms with Crippen molar-refractivity contribution >= 4 is 39.1 Å². The van der Waals surface area contributed by atoms with Crippen molar-refractivity contribution in [3.63, 3.8) is 0 Å². The number of hydrogen-bond acceptors (Lipinski definition) is 6. The Kier molecular flexibility index (Phi) is 5.67. The number of nitrogens with one attached hydrogen (secondary N) is 1. The molecule has 1 unspecified atom stereocenters. The van der Waals surface area contributed by atoms with Gasteiger partial charge in [-0.05, 0) is 38.5 Å². The topological polar surface area (TPSA) is 121 Å². The Hall–Kier alpha value is -3.74. The third-order valence-electron chi connectivity index (χ3n) is 5.47. The van der Waals surface area contributed by atoms with Gasteiger partial charge >= 0.3 is 6.18 Å². The minimum Gasteiger partial charge on any atom is -0.365 e. The van der Waals surface area contributed by atoms with E-state index in [0.717, 1.165) is 6.07 Å². The van der Waals surface area contributed by atoms with Crippen molar-refractivity contribution in [2.24, 2.45) is 12.8 Å². The fourth-order valence-electron chi connectivity index (χ4n) is 3.51. The first-order valence-electron chi connectivity index (χ1n) is 10.0. The molecule has 0 saturated heterocycles. The zero-order chi connectivity index (χ0) is 24.9. The zero-order valence-corrected chi connectivity index (χ0v) is 19.4. The van der Waals surface area contributed by atoms with Crippen LogP contribution >= 0.6 is 11.3 Å². The average molecular weight is 491 g/mol. The van der Waals surface area contributed by atoms with Gasteiger partial charge in [0.05, 0.1) is 17.6 Å². The number of anilines is 1. The Morgan fingerprint density at radius 3 is 2.47 bits per heavy atom. The summed E-state index contributed by atoms with van der Waals surface area (Å²) >= 11 is 0.687. The molecule has 9 nitrogen and oxygen atoms in total. The normalized spacial score (nSPS) is 12.8. The van der Waals surface area contributed by atoms with E-state index in [0.29, 0.717) is 28.3 Å². The van der Waals surface area contributed by atoms with Crippen LogP contribution in [0, 0.1) is 13.8 Å². The predicted molar refractivity (Wildman–Crippen MR) is 120 cm³/mol. The number of aromatic nitrogens is 5. The number of halogens is 3. The molecule has 13 heteroatoms. The lowest BCUT2D eigenvalue weighted by atomic mass is 10.0. The SMILES string of the molecule is Cc1ccn(C(C)C(=O)Nc2c(C(N)=O)sc3nc(C(F)(F)F)cc(-c4cnn(C)c4C)c23)n1. The second kappa shape index (κ2) is 8.24. The van der Waals surface area contributed by atoms with Crippen LogP contribution in [0.4, 0.5) is 18.9 Å². The molecule has 0 aliphatic carbocycles. The number of primary amides is 1. The number of thiophene rings is 1. The van der Waals surface area contributed by atoms with Crippen molar-refractivity contribution in [2.45, 2.75) is 33.0 Å². The van der Waals surface area contributed by atoms with Crippen LogP contribution in [0.15, 0.2) is 24.5 Å². The van der Waals surface area contributed by atoms with Gasteiger partial charge in [0.15, 0.2) is 0 Å². The molecule has 2 amide bonds. The van der Waals surface area contributed by atoms with E-state index in [2.05, 4.69) is 20.5 Å². The molecule has 0 radical (unpaired) electrons. The summed E-state index contributed by atoms with van der Waals surface area (Å²) in [5.41, 5.74) is 6.23. The highest BCUT2D eigenvalue weighted by atomic mass is 32.1. The summed E-state index contributed by atoms with van der Waals surface area (Å²) < 4.78 is 43.9. The quantitative estimate of drug-likeness (QED) is 0.440. The van der Waals surface area contributed by atoms with E-state index < -0.39 is 29.7 Å². The number of aryl methyl sites for hydroxylation is 2. The van der Waals surface area contributed by atoms with Gasteiger partial charge in [0.1, 0.15) is 21.4 Å². The number of nitrogens with zero attached hydrogens (tertiary/aromatic N) is 5.